The fraction of sp³-hybridized carbons (Fsp3) is 0.333. The average Bonchev–Trinajstić information content (AvgIpc) is 3.08. The fourth-order valence-corrected chi connectivity index (χ4v) is 2.63. The fourth-order valence-electron chi connectivity index (χ4n) is 2.63. The zero-order valence-corrected chi connectivity index (χ0v) is 15.2. The van der Waals surface area contributed by atoms with Crippen LogP contribution in [0, 0.1) is 0 Å². The number of amides is 1. The molecule has 3 aromatic heterocycles. The van der Waals surface area contributed by atoms with Crippen LogP contribution in [0.25, 0.3) is 10.9 Å². The zero-order valence-electron chi connectivity index (χ0n) is 15.2. The van der Waals surface area contributed by atoms with E-state index in [0.717, 1.165) is 0 Å². The lowest BCUT2D eigenvalue weighted by molar-refractivity contribution is -0.154. The number of fused-ring (bicyclic) bond motifs is 1. The number of ether oxygens (including phenoxy) is 1. The van der Waals surface area contributed by atoms with Crippen LogP contribution in [0.3, 0.4) is 0 Å². The van der Waals surface area contributed by atoms with E-state index in [1.165, 1.54) is 12.3 Å². The van der Waals surface area contributed by atoms with Crippen LogP contribution in [0.15, 0.2) is 36.7 Å². The van der Waals surface area contributed by atoms with E-state index < -0.39 is 12.8 Å². The number of rotatable bonds is 8. The molecule has 0 bridgehead atoms. The number of hydrogen-bond acceptors (Lipinski definition) is 6. The average molecular weight is 409 g/mol. The topological polar surface area (TPSA) is 102 Å². The standard InChI is InChI=1S/C18H18F3N5O3/c19-18(20,21)11-29-17-3-1-2-12(24-17)9-26-10-13-14(25-26)4-5-22-15(13)8-16(28)23-6-7-27/h1-5,10,27H,6-9,11H2,(H,23,28). The molecule has 0 spiro atoms. The first-order chi connectivity index (χ1) is 13.8. The summed E-state index contributed by atoms with van der Waals surface area (Å²) in [5.74, 6) is -0.401. The number of hydrogen-bond donors (Lipinski definition) is 2. The second kappa shape index (κ2) is 8.86. The monoisotopic (exact) mass is 409 g/mol. The van der Waals surface area contributed by atoms with Crippen molar-refractivity contribution in [2.24, 2.45) is 0 Å². The molecule has 0 aliphatic rings. The van der Waals surface area contributed by atoms with E-state index in [9.17, 15) is 18.0 Å². The van der Waals surface area contributed by atoms with Crippen LogP contribution in [0.2, 0.25) is 0 Å². The highest BCUT2D eigenvalue weighted by Crippen LogP contribution is 2.19. The third kappa shape index (κ3) is 5.88. The predicted octanol–water partition coefficient (Wildman–Crippen LogP) is 1.47. The minimum absolute atomic E-state index is 0.0298. The van der Waals surface area contributed by atoms with Crippen molar-refractivity contribution in [2.45, 2.75) is 19.1 Å². The number of carbonyl (C=O) groups is 1. The number of nitrogens with zero attached hydrogens (tertiary/aromatic N) is 4. The normalized spacial score (nSPS) is 11.6. The van der Waals surface area contributed by atoms with Crippen molar-refractivity contribution in [2.75, 3.05) is 19.8 Å². The molecule has 0 radical (unpaired) electrons. The van der Waals surface area contributed by atoms with Crippen molar-refractivity contribution in [1.82, 2.24) is 25.1 Å². The Morgan fingerprint density at radius 2 is 2.10 bits per heavy atom. The molecule has 0 fully saturated rings. The molecule has 3 heterocycles. The minimum atomic E-state index is -4.44. The quantitative estimate of drug-likeness (QED) is 0.584. The lowest BCUT2D eigenvalue weighted by atomic mass is 10.2. The third-order valence-electron chi connectivity index (χ3n) is 3.81. The number of aromatic nitrogens is 4. The molecular formula is C18H18F3N5O3. The van der Waals surface area contributed by atoms with Gasteiger partial charge in [0.25, 0.3) is 0 Å². The Kier molecular flexibility index (Phi) is 6.27. The maximum atomic E-state index is 12.3. The SMILES string of the molecule is O=C(Cc1nccc2nn(Cc3cccc(OCC(F)(F)F)n3)cc12)NCCO. The lowest BCUT2D eigenvalue weighted by Gasteiger charge is -2.09. The number of carbonyl (C=O) groups excluding carboxylic acids is 1. The second-order valence-electron chi connectivity index (χ2n) is 6.14. The predicted molar refractivity (Wildman–Crippen MR) is 96.2 cm³/mol. The van der Waals surface area contributed by atoms with E-state index in [0.29, 0.717) is 22.3 Å². The first-order valence-electron chi connectivity index (χ1n) is 8.68. The van der Waals surface area contributed by atoms with Crippen LogP contribution in [-0.2, 0) is 17.8 Å². The summed E-state index contributed by atoms with van der Waals surface area (Å²) >= 11 is 0. The van der Waals surface area contributed by atoms with Crippen LogP contribution in [0.1, 0.15) is 11.4 Å². The van der Waals surface area contributed by atoms with Gasteiger partial charge >= 0.3 is 6.18 Å². The van der Waals surface area contributed by atoms with Gasteiger partial charge in [0.1, 0.15) is 0 Å². The van der Waals surface area contributed by atoms with Crippen LogP contribution in [-0.4, -0.2) is 56.7 Å². The Morgan fingerprint density at radius 1 is 1.28 bits per heavy atom. The van der Waals surface area contributed by atoms with E-state index in [1.807, 2.05) is 0 Å². The van der Waals surface area contributed by atoms with Gasteiger partial charge in [0.2, 0.25) is 11.8 Å². The molecule has 0 aromatic carbocycles. The Labute approximate surface area is 163 Å². The molecule has 0 aliphatic heterocycles. The van der Waals surface area contributed by atoms with Gasteiger partial charge in [0.15, 0.2) is 6.61 Å². The first kappa shape index (κ1) is 20.5. The number of alkyl halides is 3. The van der Waals surface area contributed by atoms with Crippen molar-refractivity contribution in [3.8, 4) is 5.88 Å². The molecule has 3 rings (SSSR count). The highest BCUT2D eigenvalue weighted by Gasteiger charge is 2.28. The van der Waals surface area contributed by atoms with Crippen molar-refractivity contribution >= 4 is 16.8 Å². The Balaban J connectivity index is 1.74. The minimum Gasteiger partial charge on any atom is -0.468 e. The molecule has 0 atom stereocenters. The van der Waals surface area contributed by atoms with Crippen LogP contribution in [0.4, 0.5) is 13.2 Å². The summed E-state index contributed by atoms with van der Waals surface area (Å²) in [7, 11) is 0. The van der Waals surface area contributed by atoms with E-state index in [1.54, 1.807) is 29.1 Å². The van der Waals surface area contributed by atoms with Crippen molar-refractivity contribution in [3.05, 3.63) is 48.0 Å². The van der Waals surface area contributed by atoms with E-state index in [4.69, 9.17) is 5.11 Å². The van der Waals surface area contributed by atoms with Gasteiger partial charge in [-0.2, -0.15) is 18.3 Å². The van der Waals surface area contributed by atoms with Gasteiger partial charge in [-0.05, 0) is 12.1 Å². The maximum absolute atomic E-state index is 12.3. The van der Waals surface area contributed by atoms with Crippen molar-refractivity contribution in [1.29, 1.82) is 0 Å². The van der Waals surface area contributed by atoms with Crippen LogP contribution in [0.5, 0.6) is 5.88 Å². The van der Waals surface area contributed by atoms with Gasteiger partial charge in [-0.25, -0.2) is 4.98 Å². The van der Waals surface area contributed by atoms with Crippen molar-refractivity contribution < 1.29 is 27.8 Å². The summed E-state index contributed by atoms with van der Waals surface area (Å²) in [5, 5.41) is 16.4. The molecule has 0 saturated carbocycles. The Hall–Kier alpha value is -3.21. The van der Waals surface area contributed by atoms with Gasteiger partial charge in [-0.3, -0.25) is 14.5 Å². The number of nitrogens with one attached hydrogen (secondary N) is 1. The Bertz CT molecular complexity index is 990. The third-order valence-corrected chi connectivity index (χ3v) is 3.81. The zero-order chi connectivity index (χ0) is 20.9. The van der Waals surface area contributed by atoms with E-state index >= 15 is 0 Å². The molecule has 0 aliphatic carbocycles. The second-order valence-corrected chi connectivity index (χ2v) is 6.14. The Morgan fingerprint density at radius 3 is 2.86 bits per heavy atom. The van der Waals surface area contributed by atoms with Gasteiger partial charge < -0.3 is 15.2 Å². The molecule has 0 unspecified atom stereocenters. The molecule has 154 valence electrons. The number of aliphatic hydroxyl groups excluding tert-OH is 1. The van der Waals surface area contributed by atoms with Gasteiger partial charge in [-0.15, -0.1) is 0 Å². The summed E-state index contributed by atoms with van der Waals surface area (Å²) < 4.78 is 43.1. The molecule has 1 amide bonds. The molecule has 3 aromatic rings. The lowest BCUT2D eigenvalue weighted by Crippen LogP contribution is -2.28. The number of halogens is 3. The summed E-state index contributed by atoms with van der Waals surface area (Å²) in [4.78, 5) is 20.2. The molecule has 2 N–H and O–H groups in total. The molecule has 0 saturated heterocycles. The van der Waals surface area contributed by atoms with E-state index in [-0.39, 0.29) is 37.9 Å². The molecule has 29 heavy (non-hydrogen) atoms. The summed E-state index contributed by atoms with van der Waals surface area (Å²) in [6.07, 6.45) is -1.17. The molecule has 8 nitrogen and oxygen atoms in total. The van der Waals surface area contributed by atoms with Crippen molar-refractivity contribution in [3.63, 3.8) is 0 Å². The number of aliphatic hydroxyl groups is 1. The van der Waals surface area contributed by atoms with Crippen LogP contribution >= 0.6 is 0 Å². The first-order valence-corrected chi connectivity index (χ1v) is 8.68. The van der Waals surface area contributed by atoms with Gasteiger partial charge in [-0.1, -0.05) is 6.07 Å². The largest absolute Gasteiger partial charge is 0.468 e. The number of pyridine rings is 2. The maximum Gasteiger partial charge on any atom is 0.422 e. The van der Waals surface area contributed by atoms with E-state index in [2.05, 4.69) is 25.1 Å². The summed E-state index contributed by atoms with van der Waals surface area (Å²) in [6, 6.07) is 6.24. The summed E-state index contributed by atoms with van der Waals surface area (Å²) in [5.41, 5.74) is 1.61. The van der Waals surface area contributed by atoms with Gasteiger partial charge in [0.05, 0.1) is 36.5 Å². The smallest absolute Gasteiger partial charge is 0.422 e. The molecule has 11 heteroatoms. The van der Waals surface area contributed by atoms with Crippen LogP contribution < -0.4 is 10.1 Å². The van der Waals surface area contributed by atoms with Gasteiger partial charge in [0, 0.05) is 30.4 Å². The summed E-state index contributed by atoms with van der Waals surface area (Å²) in [6.45, 7) is -1.21. The highest BCUT2D eigenvalue weighted by molar-refractivity contribution is 5.86. The highest BCUT2D eigenvalue weighted by atomic mass is 19.4. The molecular weight excluding hydrogens is 391 g/mol.